The van der Waals surface area contributed by atoms with Gasteiger partial charge in [0.15, 0.2) is 0 Å². The Morgan fingerprint density at radius 3 is 2.76 bits per heavy atom. The highest BCUT2D eigenvalue weighted by molar-refractivity contribution is 5.96. The predicted octanol–water partition coefficient (Wildman–Crippen LogP) is 1.47. The first-order valence-electron chi connectivity index (χ1n) is 6.42. The molecule has 1 aromatic heterocycles. The second kappa shape index (κ2) is 6.21. The first-order chi connectivity index (χ1) is 10.0. The van der Waals surface area contributed by atoms with E-state index < -0.39 is 23.5 Å². The van der Waals surface area contributed by atoms with Crippen molar-refractivity contribution in [2.75, 3.05) is 7.11 Å². The Morgan fingerprint density at radius 1 is 1.33 bits per heavy atom. The summed E-state index contributed by atoms with van der Waals surface area (Å²) in [7, 11) is 1.27. The van der Waals surface area contributed by atoms with E-state index in [0.29, 0.717) is 11.0 Å². The van der Waals surface area contributed by atoms with E-state index in [0.717, 1.165) is 0 Å². The van der Waals surface area contributed by atoms with Crippen LogP contribution >= 0.6 is 0 Å². The Bertz CT molecular complexity index is 734. The zero-order valence-corrected chi connectivity index (χ0v) is 11.7. The van der Waals surface area contributed by atoms with Crippen molar-refractivity contribution in [1.29, 1.82) is 0 Å². The predicted molar refractivity (Wildman–Crippen MR) is 76.0 cm³/mol. The van der Waals surface area contributed by atoms with E-state index in [2.05, 4.69) is 10.1 Å². The maximum Gasteiger partial charge on any atom is 0.349 e. The third-order valence-electron chi connectivity index (χ3n) is 2.96. The summed E-state index contributed by atoms with van der Waals surface area (Å²) in [5.74, 6) is -1.01. The summed E-state index contributed by atoms with van der Waals surface area (Å²) < 4.78 is 9.61. The molecule has 0 saturated carbocycles. The lowest BCUT2D eigenvalue weighted by Crippen LogP contribution is -2.36. The highest BCUT2D eigenvalue weighted by Gasteiger charge is 2.17. The highest BCUT2D eigenvalue weighted by atomic mass is 16.5. The zero-order chi connectivity index (χ0) is 15.4. The number of rotatable bonds is 4. The van der Waals surface area contributed by atoms with Gasteiger partial charge in [0.05, 0.1) is 13.5 Å². The molecule has 0 aliphatic heterocycles. The van der Waals surface area contributed by atoms with Crippen molar-refractivity contribution in [2.24, 2.45) is 0 Å². The van der Waals surface area contributed by atoms with Gasteiger partial charge in [0.2, 0.25) is 0 Å². The maximum absolute atomic E-state index is 12.1. The van der Waals surface area contributed by atoms with Crippen LogP contribution in [0.25, 0.3) is 11.0 Å². The number of nitrogens with one attached hydrogen (secondary N) is 1. The fourth-order valence-electron chi connectivity index (χ4n) is 1.91. The molecule has 0 saturated heterocycles. The lowest BCUT2D eigenvalue weighted by atomic mass is 10.1. The van der Waals surface area contributed by atoms with Crippen LogP contribution in [0.2, 0.25) is 0 Å². The first kappa shape index (κ1) is 14.8. The van der Waals surface area contributed by atoms with Crippen molar-refractivity contribution in [3.63, 3.8) is 0 Å². The topological polar surface area (TPSA) is 85.6 Å². The molecule has 2 rings (SSSR count). The molecule has 0 aliphatic rings. The van der Waals surface area contributed by atoms with Gasteiger partial charge in [0.25, 0.3) is 5.91 Å². The van der Waals surface area contributed by atoms with Gasteiger partial charge in [0, 0.05) is 11.4 Å². The van der Waals surface area contributed by atoms with Crippen LogP contribution in [0.15, 0.2) is 39.5 Å². The molecule has 6 nitrogen and oxygen atoms in total. The number of para-hydroxylation sites is 1. The van der Waals surface area contributed by atoms with Gasteiger partial charge >= 0.3 is 11.6 Å². The molecule has 6 heteroatoms. The molecule has 1 aromatic carbocycles. The second-order valence-electron chi connectivity index (χ2n) is 4.64. The summed E-state index contributed by atoms with van der Waals surface area (Å²) >= 11 is 0. The Balaban J connectivity index is 2.21. The van der Waals surface area contributed by atoms with Crippen LogP contribution in [0.3, 0.4) is 0 Å². The third-order valence-corrected chi connectivity index (χ3v) is 2.96. The van der Waals surface area contributed by atoms with E-state index in [-0.39, 0.29) is 12.0 Å². The fourth-order valence-corrected chi connectivity index (χ4v) is 1.91. The minimum absolute atomic E-state index is 0.0289. The summed E-state index contributed by atoms with van der Waals surface area (Å²) in [6.45, 7) is 1.65. The molecule has 110 valence electrons. The van der Waals surface area contributed by atoms with Gasteiger partial charge in [-0.05, 0) is 19.1 Å². The molecule has 0 fully saturated rings. The number of carbonyl (C=O) groups excluding carboxylic acids is 2. The van der Waals surface area contributed by atoms with Crippen LogP contribution in [0.4, 0.5) is 0 Å². The standard InChI is InChI=1S/C15H15NO5/c1-9(7-13(17)20-2)16-14(18)11-8-10-5-3-4-6-12(10)21-15(11)19/h3-6,8-9H,7H2,1-2H3,(H,16,18). The minimum Gasteiger partial charge on any atom is -0.469 e. The van der Waals surface area contributed by atoms with Crippen molar-refractivity contribution in [2.45, 2.75) is 19.4 Å². The number of ether oxygens (including phenoxy) is 1. The minimum atomic E-state index is -0.712. The van der Waals surface area contributed by atoms with Crippen LogP contribution in [0.5, 0.6) is 0 Å². The first-order valence-corrected chi connectivity index (χ1v) is 6.42. The van der Waals surface area contributed by atoms with Crippen LogP contribution in [-0.2, 0) is 9.53 Å². The molecule has 0 radical (unpaired) electrons. The molecule has 1 heterocycles. The van der Waals surface area contributed by atoms with E-state index in [4.69, 9.17) is 4.42 Å². The maximum atomic E-state index is 12.1. The van der Waals surface area contributed by atoms with Gasteiger partial charge < -0.3 is 14.5 Å². The summed E-state index contributed by atoms with van der Waals surface area (Å²) in [5.41, 5.74) is -0.386. The Kier molecular flexibility index (Phi) is 4.37. The largest absolute Gasteiger partial charge is 0.469 e. The number of fused-ring (bicyclic) bond motifs is 1. The number of hydrogen-bond donors (Lipinski definition) is 1. The van der Waals surface area contributed by atoms with Gasteiger partial charge in [-0.25, -0.2) is 4.79 Å². The van der Waals surface area contributed by atoms with Crippen LogP contribution in [0, 0.1) is 0 Å². The van der Waals surface area contributed by atoms with Gasteiger partial charge in [0.1, 0.15) is 11.1 Å². The van der Waals surface area contributed by atoms with Gasteiger partial charge in [-0.3, -0.25) is 9.59 Å². The van der Waals surface area contributed by atoms with Crippen molar-refractivity contribution < 1.29 is 18.7 Å². The molecule has 0 spiro atoms. The number of carbonyl (C=O) groups is 2. The molecule has 1 amide bonds. The molecule has 1 N–H and O–H groups in total. The molecule has 21 heavy (non-hydrogen) atoms. The van der Waals surface area contributed by atoms with Crippen molar-refractivity contribution in [3.8, 4) is 0 Å². The lowest BCUT2D eigenvalue weighted by molar-refractivity contribution is -0.141. The van der Waals surface area contributed by atoms with E-state index >= 15 is 0 Å². The Morgan fingerprint density at radius 2 is 2.05 bits per heavy atom. The van der Waals surface area contributed by atoms with Crippen molar-refractivity contribution in [3.05, 3.63) is 46.3 Å². The van der Waals surface area contributed by atoms with E-state index in [1.807, 2.05) is 0 Å². The Labute approximate surface area is 120 Å². The van der Waals surface area contributed by atoms with Crippen LogP contribution in [0.1, 0.15) is 23.7 Å². The monoisotopic (exact) mass is 289 g/mol. The summed E-state index contributed by atoms with van der Waals surface area (Å²) in [5, 5.41) is 3.22. The normalized spacial score (nSPS) is 11.9. The summed E-state index contributed by atoms with van der Waals surface area (Å²) in [6.07, 6.45) is 0.0289. The number of amides is 1. The quantitative estimate of drug-likeness (QED) is 0.680. The molecule has 1 unspecified atom stereocenters. The average molecular weight is 289 g/mol. The van der Waals surface area contributed by atoms with Gasteiger partial charge in [-0.2, -0.15) is 0 Å². The third kappa shape index (κ3) is 3.47. The number of benzene rings is 1. The summed E-state index contributed by atoms with van der Waals surface area (Å²) in [4.78, 5) is 35.0. The SMILES string of the molecule is COC(=O)CC(C)NC(=O)c1cc2ccccc2oc1=O. The van der Waals surface area contributed by atoms with Crippen LogP contribution < -0.4 is 10.9 Å². The lowest BCUT2D eigenvalue weighted by Gasteiger charge is -2.12. The van der Waals surface area contributed by atoms with E-state index in [9.17, 15) is 14.4 Å². The smallest absolute Gasteiger partial charge is 0.349 e. The number of esters is 1. The number of hydrogen-bond acceptors (Lipinski definition) is 5. The second-order valence-corrected chi connectivity index (χ2v) is 4.64. The van der Waals surface area contributed by atoms with E-state index in [1.54, 1.807) is 31.2 Å². The zero-order valence-electron chi connectivity index (χ0n) is 11.7. The molecule has 2 aromatic rings. The average Bonchev–Trinajstić information content (AvgIpc) is 2.46. The highest BCUT2D eigenvalue weighted by Crippen LogP contribution is 2.12. The molecular weight excluding hydrogens is 274 g/mol. The molecule has 1 atom stereocenters. The molecule has 0 aliphatic carbocycles. The molecular formula is C15H15NO5. The Hall–Kier alpha value is -2.63. The van der Waals surface area contributed by atoms with Gasteiger partial charge in [-0.1, -0.05) is 18.2 Å². The van der Waals surface area contributed by atoms with Gasteiger partial charge in [-0.15, -0.1) is 0 Å². The fraction of sp³-hybridized carbons (Fsp3) is 0.267. The van der Waals surface area contributed by atoms with Crippen LogP contribution in [-0.4, -0.2) is 25.0 Å². The van der Waals surface area contributed by atoms with Crippen molar-refractivity contribution >= 4 is 22.8 Å². The summed E-state index contributed by atoms with van der Waals surface area (Å²) in [6, 6.07) is 7.94. The number of methoxy groups -OCH3 is 1. The molecule has 0 bridgehead atoms. The van der Waals surface area contributed by atoms with Crippen molar-refractivity contribution in [1.82, 2.24) is 5.32 Å². The van der Waals surface area contributed by atoms with E-state index in [1.165, 1.54) is 13.2 Å².